The highest BCUT2D eigenvalue weighted by molar-refractivity contribution is 5.34. The number of piperidine rings is 1. The van der Waals surface area contributed by atoms with Crippen molar-refractivity contribution < 1.29 is 5.11 Å². The predicted octanol–water partition coefficient (Wildman–Crippen LogP) is 2.38. The minimum Gasteiger partial charge on any atom is -0.388 e. The van der Waals surface area contributed by atoms with E-state index in [1.54, 1.807) is 0 Å². The van der Waals surface area contributed by atoms with Crippen LogP contribution >= 0.6 is 0 Å². The van der Waals surface area contributed by atoms with E-state index in [-0.39, 0.29) is 6.10 Å². The van der Waals surface area contributed by atoms with Crippen molar-refractivity contribution in [1.82, 2.24) is 4.90 Å². The molecular weight excluding hydrogens is 210 g/mol. The monoisotopic (exact) mass is 231 g/mol. The van der Waals surface area contributed by atoms with E-state index in [2.05, 4.69) is 23.1 Å². The van der Waals surface area contributed by atoms with Crippen LogP contribution in [-0.2, 0) is 6.42 Å². The fraction of sp³-hybridized carbons (Fsp3) is 0.600. The molecule has 1 fully saturated rings. The highest BCUT2D eigenvalue weighted by atomic mass is 16.3. The van der Waals surface area contributed by atoms with Crippen LogP contribution in [0.1, 0.15) is 36.5 Å². The molecule has 0 amide bonds. The predicted molar refractivity (Wildman–Crippen MR) is 68.9 cm³/mol. The fourth-order valence-corrected chi connectivity index (χ4v) is 3.29. The summed E-state index contributed by atoms with van der Waals surface area (Å²) in [6.07, 6.45) is 4.84. The van der Waals surface area contributed by atoms with Gasteiger partial charge in [-0.1, -0.05) is 30.7 Å². The van der Waals surface area contributed by atoms with E-state index in [0.29, 0.717) is 5.92 Å². The van der Waals surface area contributed by atoms with Crippen LogP contribution in [0.25, 0.3) is 0 Å². The van der Waals surface area contributed by atoms with E-state index in [4.69, 9.17) is 0 Å². The summed E-state index contributed by atoms with van der Waals surface area (Å²) in [6.45, 7) is 3.51. The number of likely N-dealkylation sites (tertiary alicyclic amines) is 1. The van der Waals surface area contributed by atoms with Crippen LogP contribution in [0.3, 0.4) is 0 Å². The summed E-state index contributed by atoms with van der Waals surface area (Å²) < 4.78 is 0. The summed E-state index contributed by atoms with van der Waals surface area (Å²) in [5.74, 6) is 0.408. The first-order valence-electron chi connectivity index (χ1n) is 6.83. The molecule has 92 valence electrons. The Balaban J connectivity index is 1.67. The van der Waals surface area contributed by atoms with Gasteiger partial charge in [-0.05, 0) is 43.5 Å². The molecule has 2 heteroatoms. The number of fused-ring (bicyclic) bond motifs is 1. The topological polar surface area (TPSA) is 23.5 Å². The van der Waals surface area contributed by atoms with Crippen LogP contribution in [0, 0.1) is 5.92 Å². The van der Waals surface area contributed by atoms with Crippen molar-refractivity contribution in [3.63, 3.8) is 0 Å². The summed E-state index contributed by atoms with van der Waals surface area (Å²) in [4.78, 5) is 2.53. The Morgan fingerprint density at radius 3 is 2.65 bits per heavy atom. The molecular formula is C15H21NO. The number of hydrogen-bond donors (Lipinski definition) is 1. The van der Waals surface area contributed by atoms with E-state index in [1.807, 2.05) is 6.07 Å². The summed E-state index contributed by atoms with van der Waals surface area (Å²) in [7, 11) is 0. The molecule has 1 aliphatic heterocycles. The number of benzene rings is 1. The average molecular weight is 231 g/mol. The van der Waals surface area contributed by atoms with Gasteiger partial charge in [0, 0.05) is 12.5 Å². The first-order valence-corrected chi connectivity index (χ1v) is 6.83. The Labute approximate surface area is 103 Å². The van der Waals surface area contributed by atoms with Crippen LogP contribution < -0.4 is 0 Å². The summed E-state index contributed by atoms with van der Waals surface area (Å²) >= 11 is 0. The molecule has 1 aromatic carbocycles. The molecule has 2 unspecified atom stereocenters. The van der Waals surface area contributed by atoms with Crippen LogP contribution in [-0.4, -0.2) is 29.6 Å². The summed E-state index contributed by atoms with van der Waals surface area (Å²) in [5.41, 5.74) is 2.51. The van der Waals surface area contributed by atoms with Crippen molar-refractivity contribution in [2.24, 2.45) is 5.92 Å². The Hall–Kier alpha value is -0.860. The molecule has 0 spiro atoms. The van der Waals surface area contributed by atoms with Crippen molar-refractivity contribution in [3.8, 4) is 0 Å². The average Bonchev–Trinajstić information content (AvgIpc) is 2.68. The van der Waals surface area contributed by atoms with Crippen LogP contribution in [0.4, 0.5) is 0 Å². The van der Waals surface area contributed by atoms with Gasteiger partial charge in [-0.25, -0.2) is 0 Å². The third-order valence-electron chi connectivity index (χ3n) is 4.24. The number of aliphatic hydroxyl groups excluding tert-OH is 1. The van der Waals surface area contributed by atoms with Crippen molar-refractivity contribution in [3.05, 3.63) is 35.4 Å². The summed E-state index contributed by atoms with van der Waals surface area (Å²) in [5, 5.41) is 10.3. The van der Waals surface area contributed by atoms with E-state index in [1.165, 1.54) is 37.9 Å². The molecule has 0 saturated carbocycles. The highest BCUT2D eigenvalue weighted by Crippen LogP contribution is 2.36. The van der Waals surface area contributed by atoms with Gasteiger partial charge in [-0.2, -0.15) is 0 Å². The lowest BCUT2D eigenvalue weighted by molar-refractivity contribution is 0.0855. The second-order valence-corrected chi connectivity index (χ2v) is 5.47. The second-order valence-electron chi connectivity index (χ2n) is 5.47. The molecule has 2 nitrogen and oxygen atoms in total. The van der Waals surface area contributed by atoms with Gasteiger partial charge in [0.1, 0.15) is 0 Å². The van der Waals surface area contributed by atoms with Crippen LogP contribution in [0.5, 0.6) is 0 Å². The molecule has 0 aromatic heterocycles. The Kier molecular flexibility index (Phi) is 3.17. The van der Waals surface area contributed by atoms with Gasteiger partial charge in [-0.3, -0.25) is 0 Å². The lowest BCUT2D eigenvalue weighted by atomic mass is 10.0. The van der Waals surface area contributed by atoms with E-state index in [0.717, 1.165) is 18.5 Å². The zero-order valence-corrected chi connectivity index (χ0v) is 10.3. The summed E-state index contributed by atoms with van der Waals surface area (Å²) in [6, 6.07) is 8.35. The molecule has 17 heavy (non-hydrogen) atoms. The van der Waals surface area contributed by atoms with E-state index >= 15 is 0 Å². The van der Waals surface area contributed by atoms with E-state index in [9.17, 15) is 5.11 Å². The SMILES string of the molecule is OC1c2ccccc2CC1CN1CCCCC1. The van der Waals surface area contributed by atoms with Crippen molar-refractivity contribution in [2.75, 3.05) is 19.6 Å². The van der Waals surface area contributed by atoms with Crippen molar-refractivity contribution >= 4 is 0 Å². The maximum absolute atomic E-state index is 10.3. The first-order chi connectivity index (χ1) is 8.34. The van der Waals surface area contributed by atoms with Gasteiger partial charge >= 0.3 is 0 Å². The maximum atomic E-state index is 10.3. The number of rotatable bonds is 2. The Morgan fingerprint density at radius 2 is 1.88 bits per heavy atom. The van der Waals surface area contributed by atoms with Gasteiger partial charge in [0.2, 0.25) is 0 Å². The molecule has 2 aliphatic rings. The lowest BCUT2D eigenvalue weighted by Crippen LogP contribution is -2.35. The molecule has 1 saturated heterocycles. The normalized spacial score (nSPS) is 29.2. The van der Waals surface area contributed by atoms with Crippen LogP contribution in [0.2, 0.25) is 0 Å². The third-order valence-corrected chi connectivity index (χ3v) is 4.24. The van der Waals surface area contributed by atoms with Crippen LogP contribution in [0.15, 0.2) is 24.3 Å². The van der Waals surface area contributed by atoms with Gasteiger partial charge in [0.05, 0.1) is 6.10 Å². The molecule has 0 bridgehead atoms. The van der Waals surface area contributed by atoms with E-state index < -0.39 is 0 Å². The second kappa shape index (κ2) is 4.79. The molecule has 3 rings (SSSR count). The molecule has 2 atom stereocenters. The minimum absolute atomic E-state index is 0.242. The molecule has 1 aromatic rings. The number of aliphatic hydroxyl groups is 1. The zero-order chi connectivity index (χ0) is 11.7. The quantitative estimate of drug-likeness (QED) is 0.844. The smallest absolute Gasteiger partial charge is 0.0836 e. The zero-order valence-electron chi connectivity index (χ0n) is 10.3. The Bertz CT molecular complexity index is 384. The lowest BCUT2D eigenvalue weighted by Gasteiger charge is -2.30. The maximum Gasteiger partial charge on any atom is 0.0836 e. The van der Waals surface area contributed by atoms with Crippen molar-refractivity contribution in [1.29, 1.82) is 0 Å². The first kappa shape index (κ1) is 11.2. The third kappa shape index (κ3) is 2.24. The van der Waals surface area contributed by atoms with Gasteiger partial charge < -0.3 is 10.0 Å². The minimum atomic E-state index is -0.242. The highest BCUT2D eigenvalue weighted by Gasteiger charge is 2.31. The fourth-order valence-electron chi connectivity index (χ4n) is 3.29. The number of nitrogens with zero attached hydrogens (tertiary/aromatic N) is 1. The molecule has 0 radical (unpaired) electrons. The molecule has 1 N–H and O–H groups in total. The molecule has 1 aliphatic carbocycles. The largest absolute Gasteiger partial charge is 0.388 e. The van der Waals surface area contributed by atoms with Gasteiger partial charge in [0.15, 0.2) is 0 Å². The number of hydrogen-bond acceptors (Lipinski definition) is 2. The van der Waals surface area contributed by atoms with Gasteiger partial charge in [-0.15, -0.1) is 0 Å². The Morgan fingerprint density at radius 1 is 1.12 bits per heavy atom. The molecule has 1 heterocycles. The van der Waals surface area contributed by atoms with Crippen molar-refractivity contribution in [2.45, 2.75) is 31.8 Å². The van der Waals surface area contributed by atoms with Gasteiger partial charge in [0.25, 0.3) is 0 Å². The standard InChI is InChI=1S/C15H21NO/c17-15-13(11-16-8-4-1-5-9-16)10-12-6-2-3-7-14(12)15/h2-3,6-7,13,15,17H,1,4-5,8-11H2.